The minimum atomic E-state index is -0.304. The van der Waals surface area contributed by atoms with E-state index < -0.39 is 0 Å². The molecule has 2 rings (SSSR count). The van der Waals surface area contributed by atoms with E-state index in [1.54, 1.807) is 13.2 Å². The average molecular weight is 217 g/mol. The summed E-state index contributed by atoms with van der Waals surface area (Å²) in [6, 6.07) is 5.94. The predicted molar refractivity (Wildman–Crippen MR) is 61.4 cm³/mol. The maximum Gasteiger partial charge on any atom is 0.235 e. The molecule has 0 aliphatic heterocycles. The van der Waals surface area contributed by atoms with Gasteiger partial charge in [0.15, 0.2) is 0 Å². The van der Waals surface area contributed by atoms with Crippen molar-refractivity contribution in [2.45, 2.75) is 31.7 Å². The highest BCUT2D eigenvalue weighted by molar-refractivity contribution is 5.49. The van der Waals surface area contributed by atoms with E-state index in [2.05, 4.69) is 11.9 Å². The molecule has 0 unspecified atom stereocenters. The Labute approximate surface area is 95.2 Å². The SMILES string of the molecule is CCc1c(OC)cccc1C1(N=C=O)CC1. The number of aliphatic imine (C=N–C) groups is 1. The van der Waals surface area contributed by atoms with Crippen molar-refractivity contribution in [2.24, 2.45) is 4.99 Å². The normalized spacial score (nSPS) is 16.4. The van der Waals surface area contributed by atoms with Crippen LogP contribution >= 0.6 is 0 Å². The lowest BCUT2D eigenvalue weighted by molar-refractivity contribution is 0.408. The van der Waals surface area contributed by atoms with Crippen molar-refractivity contribution in [2.75, 3.05) is 7.11 Å². The van der Waals surface area contributed by atoms with Gasteiger partial charge < -0.3 is 4.74 Å². The number of hydrogen-bond acceptors (Lipinski definition) is 3. The van der Waals surface area contributed by atoms with E-state index in [0.717, 1.165) is 36.1 Å². The van der Waals surface area contributed by atoms with Gasteiger partial charge in [-0.1, -0.05) is 19.1 Å². The van der Waals surface area contributed by atoms with Gasteiger partial charge in [-0.25, -0.2) is 4.79 Å². The van der Waals surface area contributed by atoms with Crippen LogP contribution in [0.2, 0.25) is 0 Å². The Bertz CT molecular complexity index is 443. The van der Waals surface area contributed by atoms with Crippen LogP contribution in [-0.4, -0.2) is 13.2 Å². The first-order valence-electron chi connectivity index (χ1n) is 5.53. The Morgan fingerprint density at radius 1 is 1.50 bits per heavy atom. The van der Waals surface area contributed by atoms with Gasteiger partial charge in [0.2, 0.25) is 6.08 Å². The molecule has 0 spiro atoms. The lowest BCUT2D eigenvalue weighted by atomic mass is 9.96. The third-order valence-electron chi connectivity index (χ3n) is 3.19. The fourth-order valence-corrected chi connectivity index (χ4v) is 2.20. The predicted octanol–water partition coefficient (Wildman–Crippen LogP) is 2.58. The second-order valence-electron chi connectivity index (χ2n) is 4.07. The summed E-state index contributed by atoms with van der Waals surface area (Å²) in [5.74, 6) is 0.882. The molecular weight excluding hydrogens is 202 g/mol. The van der Waals surface area contributed by atoms with Gasteiger partial charge in [0.25, 0.3) is 0 Å². The van der Waals surface area contributed by atoms with Crippen LogP contribution in [0.1, 0.15) is 30.9 Å². The molecule has 3 nitrogen and oxygen atoms in total. The molecule has 0 radical (unpaired) electrons. The van der Waals surface area contributed by atoms with Crippen LogP contribution in [0, 0.1) is 0 Å². The molecule has 0 amide bonds. The fourth-order valence-electron chi connectivity index (χ4n) is 2.20. The monoisotopic (exact) mass is 217 g/mol. The van der Waals surface area contributed by atoms with E-state index in [4.69, 9.17) is 4.74 Å². The van der Waals surface area contributed by atoms with Crippen molar-refractivity contribution in [3.05, 3.63) is 29.3 Å². The summed E-state index contributed by atoms with van der Waals surface area (Å²) in [6.07, 6.45) is 4.44. The Morgan fingerprint density at radius 3 is 2.75 bits per heavy atom. The molecule has 0 bridgehead atoms. The molecule has 0 heterocycles. The zero-order valence-corrected chi connectivity index (χ0v) is 9.62. The maximum atomic E-state index is 10.5. The topological polar surface area (TPSA) is 38.7 Å². The Morgan fingerprint density at radius 2 is 2.25 bits per heavy atom. The highest BCUT2D eigenvalue weighted by Crippen LogP contribution is 2.51. The Hall–Kier alpha value is -1.60. The lowest BCUT2D eigenvalue weighted by Crippen LogP contribution is -2.07. The summed E-state index contributed by atoms with van der Waals surface area (Å²) in [5, 5.41) is 0. The molecule has 3 heteroatoms. The van der Waals surface area contributed by atoms with Crippen LogP contribution in [0.4, 0.5) is 0 Å². The summed E-state index contributed by atoms with van der Waals surface area (Å²) in [6.45, 7) is 2.09. The molecule has 0 aromatic heterocycles. The van der Waals surface area contributed by atoms with Gasteiger partial charge in [-0.15, -0.1) is 0 Å². The third-order valence-corrected chi connectivity index (χ3v) is 3.19. The Kier molecular flexibility index (Phi) is 2.80. The van der Waals surface area contributed by atoms with E-state index in [0.29, 0.717) is 0 Å². The molecule has 1 aliphatic rings. The maximum absolute atomic E-state index is 10.5. The van der Waals surface area contributed by atoms with Crippen molar-refractivity contribution in [1.82, 2.24) is 0 Å². The first-order chi connectivity index (χ1) is 7.77. The minimum absolute atomic E-state index is 0.304. The fraction of sp³-hybridized carbons (Fsp3) is 0.462. The zero-order valence-electron chi connectivity index (χ0n) is 9.62. The third kappa shape index (κ3) is 1.63. The van der Waals surface area contributed by atoms with E-state index in [-0.39, 0.29) is 5.54 Å². The van der Waals surface area contributed by atoms with Crippen LogP contribution in [0.3, 0.4) is 0 Å². The smallest absolute Gasteiger partial charge is 0.235 e. The largest absolute Gasteiger partial charge is 0.496 e. The van der Waals surface area contributed by atoms with Crippen LogP contribution < -0.4 is 4.74 Å². The molecule has 0 atom stereocenters. The minimum Gasteiger partial charge on any atom is -0.496 e. The molecule has 0 saturated heterocycles. The van der Waals surface area contributed by atoms with E-state index >= 15 is 0 Å². The van der Waals surface area contributed by atoms with Gasteiger partial charge >= 0.3 is 0 Å². The van der Waals surface area contributed by atoms with Gasteiger partial charge in [0.1, 0.15) is 5.75 Å². The summed E-state index contributed by atoms with van der Waals surface area (Å²) in [7, 11) is 1.67. The van der Waals surface area contributed by atoms with Crippen LogP contribution in [-0.2, 0) is 16.8 Å². The van der Waals surface area contributed by atoms with Crippen molar-refractivity contribution < 1.29 is 9.53 Å². The van der Waals surface area contributed by atoms with E-state index in [9.17, 15) is 4.79 Å². The number of rotatable bonds is 4. The highest BCUT2D eigenvalue weighted by Gasteiger charge is 2.46. The number of carbonyl (C=O) groups excluding carboxylic acids is 1. The number of ether oxygens (including phenoxy) is 1. The summed E-state index contributed by atoms with van der Waals surface area (Å²) >= 11 is 0. The number of methoxy groups -OCH3 is 1. The quantitative estimate of drug-likeness (QED) is 0.574. The summed E-state index contributed by atoms with van der Waals surface area (Å²) in [4.78, 5) is 14.4. The van der Waals surface area contributed by atoms with Crippen LogP contribution in [0.5, 0.6) is 5.75 Å². The molecule has 84 valence electrons. The molecule has 1 fully saturated rings. The van der Waals surface area contributed by atoms with Crippen molar-refractivity contribution >= 4 is 6.08 Å². The van der Waals surface area contributed by atoms with Crippen molar-refractivity contribution in [3.63, 3.8) is 0 Å². The summed E-state index contributed by atoms with van der Waals surface area (Å²) in [5.41, 5.74) is 1.97. The molecular formula is C13H15NO2. The number of nitrogens with zero attached hydrogens (tertiary/aromatic N) is 1. The molecule has 16 heavy (non-hydrogen) atoms. The Balaban J connectivity index is 2.52. The second kappa shape index (κ2) is 4.11. The second-order valence-corrected chi connectivity index (χ2v) is 4.07. The van der Waals surface area contributed by atoms with Gasteiger partial charge in [-0.2, -0.15) is 4.99 Å². The molecule has 1 aliphatic carbocycles. The molecule has 1 aromatic rings. The molecule has 0 N–H and O–H groups in total. The highest BCUT2D eigenvalue weighted by atomic mass is 16.5. The number of isocyanates is 1. The van der Waals surface area contributed by atoms with Gasteiger partial charge in [-0.3, -0.25) is 0 Å². The van der Waals surface area contributed by atoms with Crippen molar-refractivity contribution in [3.8, 4) is 5.75 Å². The molecule has 1 saturated carbocycles. The lowest BCUT2D eigenvalue weighted by Gasteiger charge is -2.16. The average Bonchev–Trinajstić information content (AvgIpc) is 3.09. The van der Waals surface area contributed by atoms with Crippen LogP contribution in [0.15, 0.2) is 23.2 Å². The number of benzene rings is 1. The van der Waals surface area contributed by atoms with Crippen LogP contribution in [0.25, 0.3) is 0 Å². The van der Waals surface area contributed by atoms with Crippen molar-refractivity contribution in [1.29, 1.82) is 0 Å². The number of hydrogen-bond donors (Lipinski definition) is 0. The first-order valence-corrected chi connectivity index (χ1v) is 5.53. The van der Waals surface area contributed by atoms with Gasteiger partial charge in [0.05, 0.1) is 12.6 Å². The van der Waals surface area contributed by atoms with Gasteiger partial charge in [-0.05, 0) is 36.5 Å². The zero-order chi connectivity index (χ0) is 11.6. The standard InChI is InChI=1S/C13H15NO2/c1-3-10-11(5-4-6-12(10)16-2)13(7-8-13)14-9-15/h4-6H,3,7-8H2,1-2H3. The van der Waals surface area contributed by atoms with Gasteiger partial charge in [0, 0.05) is 0 Å². The molecule has 1 aromatic carbocycles. The van der Waals surface area contributed by atoms with E-state index in [1.165, 1.54) is 0 Å². The summed E-state index contributed by atoms with van der Waals surface area (Å²) < 4.78 is 5.34. The van der Waals surface area contributed by atoms with E-state index in [1.807, 2.05) is 18.2 Å². The first kappa shape index (κ1) is 10.9.